The molecule has 2 aliphatic heterocycles. The molecule has 24 heavy (non-hydrogen) atoms. The van der Waals surface area contributed by atoms with Crippen molar-refractivity contribution >= 4 is 12.1 Å². The number of ether oxygens (including phenoxy) is 2. The van der Waals surface area contributed by atoms with Gasteiger partial charge in [-0.2, -0.15) is 0 Å². The number of hydrogen-bond donors (Lipinski definition) is 2. The zero-order chi connectivity index (χ0) is 17.3. The summed E-state index contributed by atoms with van der Waals surface area (Å²) in [4.78, 5) is 22.2. The van der Waals surface area contributed by atoms with Crippen molar-refractivity contribution < 1.29 is 19.1 Å². The highest BCUT2D eigenvalue weighted by atomic mass is 16.6. The predicted octanol–water partition coefficient (Wildman–Crippen LogP) is 2.09. The van der Waals surface area contributed by atoms with Crippen LogP contribution in [0.1, 0.15) is 36.7 Å². The Bertz CT molecular complexity index is 628. The van der Waals surface area contributed by atoms with E-state index in [-0.39, 0.29) is 12.1 Å². The molecule has 0 radical (unpaired) electrons. The van der Waals surface area contributed by atoms with Gasteiger partial charge in [0.25, 0.3) is 0 Å². The highest BCUT2D eigenvalue weighted by molar-refractivity contribution is 5.90. The largest absolute Gasteiger partial charge is 0.457 e. The summed E-state index contributed by atoms with van der Waals surface area (Å²) >= 11 is 0. The summed E-state index contributed by atoms with van der Waals surface area (Å²) in [7, 11) is 0. The second-order valence-corrected chi connectivity index (χ2v) is 7.43. The fourth-order valence-electron chi connectivity index (χ4n) is 3.10. The molecule has 2 fully saturated rings. The number of amides is 1. The number of alkyl carbamates (subject to hydrolysis) is 1. The number of carbonyl (C=O) groups excluding carboxylic acids is 2. The minimum Gasteiger partial charge on any atom is -0.457 e. The zero-order valence-corrected chi connectivity index (χ0v) is 14.3. The number of cyclic esters (lactones) is 1. The first-order valence-corrected chi connectivity index (χ1v) is 8.30. The van der Waals surface area contributed by atoms with E-state index in [2.05, 4.69) is 10.6 Å². The van der Waals surface area contributed by atoms with Crippen molar-refractivity contribution in [3.63, 3.8) is 0 Å². The molecule has 1 amide bonds. The van der Waals surface area contributed by atoms with E-state index in [1.807, 2.05) is 39.0 Å². The Balaban J connectivity index is 0.000000149. The molecule has 1 aromatic carbocycles. The maximum absolute atomic E-state index is 11.4. The normalized spacial score (nSPS) is 26.5. The molecule has 6 heteroatoms. The third-order valence-corrected chi connectivity index (χ3v) is 4.31. The molecule has 1 aromatic rings. The molecule has 4 rings (SSSR count). The number of hydrogen-bond acceptors (Lipinski definition) is 5. The van der Waals surface area contributed by atoms with Gasteiger partial charge in [0.1, 0.15) is 12.2 Å². The molecule has 1 saturated heterocycles. The fraction of sp³-hybridized carbons (Fsp3) is 0.556. The lowest BCUT2D eigenvalue weighted by atomic mass is 10.1. The van der Waals surface area contributed by atoms with E-state index in [1.165, 1.54) is 0 Å². The summed E-state index contributed by atoms with van der Waals surface area (Å²) in [6.45, 7) is 8.12. The molecular weight excluding hydrogens is 308 g/mol. The highest BCUT2D eigenvalue weighted by Gasteiger charge is 2.54. The fourth-order valence-corrected chi connectivity index (χ4v) is 3.10. The van der Waals surface area contributed by atoms with Crippen LogP contribution < -0.4 is 10.6 Å². The SMILES string of the molecule is CC(C)(C)OC(=O)NC1C2CNCC21.O=C1OCc2cccc1c2. The Morgan fingerprint density at radius 1 is 1.29 bits per heavy atom. The molecule has 2 unspecified atom stereocenters. The first kappa shape index (κ1) is 16.8. The quantitative estimate of drug-likeness (QED) is 0.770. The summed E-state index contributed by atoms with van der Waals surface area (Å²) in [6, 6.07) is 7.77. The molecule has 1 saturated carbocycles. The molecule has 1 aliphatic carbocycles. The maximum Gasteiger partial charge on any atom is 0.407 e. The third-order valence-electron chi connectivity index (χ3n) is 4.31. The average molecular weight is 332 g/mol. The van der Waals surface area contributed by atoms with Gasteiger partial charge in [0.15, 0.2) is 0 Å². The van der Waals surface area contributed by atoms with Crippen LogP contribution in [-0.4, -0.2) is 36.8 Å². The van der Waals surface area contributed by atoms with Gasteiger partial charge in [-0.15, -0.1) is 0 Å². The Morgan fingerprint density at radius 3 is 2.62 bits per heavy atom. The molecule has 130 valence electrons. The summed E-state index contributed by atoms with van der Waals surface area (Å²) < 4.78 is 10.0. The van der Waals surface area contributed by atoms with E-state index < -0.39 is 5.60 Å². The Kier molecular flexibility index (Phi) is 4.49. The number of piperidine rings is 1. The smallest absolute Gasteiger partial charge is 0.407 e. The molecule has 0 aromatic heterocycles. The summed E-state index contributed by atoms with van der Waals surface area (Å²) in [6.07, 6.45) is -0.281. The van der Waals surface area contributed by atoms with E-state index >= 15 is 0 Å². The zero-order valence-electron chi connectivity index (χ0n) is 14.3. The van der Waals surface area contributed by atoms with Gasteiger partial charge < -0.3 is 20.1 Å². The van der Waals surface area contributed by atoms with Crippen LogP contribution in [0.2, 0.25) is 0 Å². The van der Waals surface area contributed by atoms with E-state index in [0.29, 0.717) is 30.0 Å². The monoisotopic (exact) mass is 332 g/mol. The second-order valence-electron chi connectivity index (χ2n) is 7.43. The van der Waals surface area contributed by atoms with Gasteiger partial charge in [-0.25, -0.2) is 9.59 Å². The number of carbonyl (C=O) groups is 2. The molecule has 0 spiro atoms. The topological polar surface area (TPSA) is 76.7 Å². The van der Waals surface area contributed by atoms with Gasteiger partial charge >= 0.3 is 12.1 Å². The highest BCUT2D eigenvalue weighted by Crippen LogP contribution is 2.41. The van der Waals surface area contributed by atoms with Gasteiger partial charge in [0, 0.05) is 19.1 Å². The van der Waals surface area contributed by atoms with Crippen molar-refractivity contribution in [2.75, 3.05) is 13.1 Å². The number of fused-ring (bicyclic) bond motifs is 3. The lowest BCUT2D eigenvalue weighted by Gasteiger charge is -2.20. The van der Waals surface area contributed by atoms with Crippen LogP contribution >= 0.6 is 0 Å². The third kappa shape index (κ3) is 4.06. The van der Waals surface area contributed by atoms with Gasteiger partial charge in [0.2, 0.25) is 0 Å². The number of nitrogens with one attached hydrogen (secondary N) is 2. The number of esters is 1. The Labute approximate surface area is 141 Å². The second kappa shape index (κ2) is 6.43. The molecule has 2 N–H and O–H groups in total. The molecule has 3 aliphatic rings. The summed E-state index contributed by atoms with van der Waals surface area (Å²) in [5.74, 6) is 1.07. The van der Waals surface area contributed by atoms with E-state index in [4.69, 9.17) is 9.47 Å². The van der Waals surface area contributed by atoms with Crippen molar-refractivity contribution in [2.45, 2.75) is 39.0 Å². The number of benzene rings is 1. The van der Waals surface area contributed by atoms with Crippen LogP contribution in [0.15, 0.2) is 24.3 Å². The van der Waals surface area contributed by atoms with Crippen molar-refractivity contribution in [2.24, 2.45) is 11.8 Å². The number of rotatable bonds is 1. The van der Waals surface area contributed by atoms with E-state index in [0.717, 1.165) is 18.7 Å². The van der Waals surface area contributed by atoms with Crippen LogP contribution in [-0.2, 0) is 16.1 Å². The van der Waals surface area contributed by atoms with Gasteiger partial charge in [-0.05, 0) is 50.3 Å². The summed E-state index contributed by atoms with van der Waals surface area (Å²) in [5, 5.41) is 6.19. The molecule has 6 nitrogen and oxygen atoms in total. The predicted molar refractivity (Wildman–Crippen MR) is 88.6 cm³/mol. The first-order chi connectivity index (χ1) is 11.3. The van der Waals surface area contributed by atoms with E-state index in [1.54, 1.807) is 6.07 Å². The van der Waals surface area contributed by atoms with E-state index in [9.17, 15) is 9.59 Å². The van der Waals surface area contributed by atoms with Crippen LogP contribution in [0.5, 0.6) is 0 Å². The van der Waals surface area contributed by atoms with Crippen LogP contribution in [0, 0.1) is 11.8 Å². The molecular formula is C18H24N2O4. The van der Waals surface area contributed by atoms with Crippen molar-refractivity contribution in [3.05, 3.63) is 35.4 Å². The standard InChI is InChI=1S/C10H18N2O2.C8H6O2/c1-10(2,3)14-9(13)12-8-6-4-11-5-7(6)8;9-8-7-3-1-2-6(4-7)5-10-8/h6-8,11H,4-5H2,1-3H3,(H,12,13);1-4H,5H2. The van der Waals surface area contributed by atoms with Crippen LogP contribution in [0.4, 0.5) is 4.79 Å². The van der Waals surface area contributed by atoms with Gasteiger partial charge in [0.05, 0.1) is 5.56 Å². The van der Waals surface area contributed by atoms with Crippen molar-refractivity contribution in [1.82, 2.24) is 10.6 Å². The van der Waals surface area contributed by atoms with Crippen LogP contribution in [0.25, 0.3) is 0 Å². The van der Waals surface area contributed by atoms with Gasteiger partial charge in [-0.3, -0.25) is 0 Å². The minimum absolute atomic E-state index is 0.215. The Hall–Kier alpha value is -2.08. The minimum atomic E-state index is -0.396. The average Bonchev–Trinajstić information content (AvgIpc) is 2.94. The lowest BCUT2D eigenvalue weighted by Crippen LogP contribution is -2.37. The van der Waals surface area contributed by atoms with Crippen molar-refractivity contribution in [3.8, 4) is 0 Å². The van der Waals surface area contributed by atoms with Crippen LogP contribution in [0.3, 0.4) is 0 Å². The summed E-state index contributed by atoms with van der Waals surface area (Å²) in [5.41, 5.74) is 1.33. The Morgan fingerprint density at radius 2 is 2.00 bits per heavy atom. The first-order valence-electron chi connectivity index (χ1n) is 8.30. The molecule has 2 atom stereocenters. The maximum atomic E-state index is 11.4. The van der Waals surface area contributed by atoms with Crippen molar-refractivity contribution in [1.29, 1.82) is 0 Å². The molecule has 2 heterocycles. The van der Waals surface area contributed by atoms with Gasteiger partial charge in [-0.1, -0.05) is 12.1 Å². The molecule has 2 bridgehead atoms. The lowest BCUT2D eigenvalue weighted by molar-refractivity contribution is 0.0453.